The van der Waals surface area contributed by atoms with E-state index in [4.69, 9.17) is 5.26 Å². The van der Waals surface area contributed by atoms with Crippen LogP contribution in [0, 0.1) is 18.3 Å². The van der Waals surface area contributed by atoms with Crippen LogP contribution in [0.2, 0.25) is 0 Å². The Balaban J connectivity index is 2.71. The summed E-state index contributed by atoms with van der Waals surface area (Å²) >= 11 is 0. The molecule has 0 spiro atoms. The molecule has 2 rings (SSSR count). The molecule has 3 nitrogen and oxygen atoms in total. The molecule has 14 heavy (non-hydrogen) atoms. The number of hydrogen-bond acceptors (Lipinski definition) is 2. The van der Waals surface area contributed by atoms with Crippen LogP contribution in [0.15, 0.2) is 18.5 Å². The maximum atomic E-state index is 8.86. The van der Waals surface area contributed by atoms with E-state index in [0.717, 1.165) is 23.3 Å². The first-order valence-corrected chi connectivity index (χ1v) is 4.63. The summed E-state index contributed by atoms with van der Waals surface area (Å²) in [5.41, 5.74) is 3.66. The predicted molar refractivity (Wildman–Crippen MR) is 54.0 cm³/mol. The monoisotopic (exact) mass is 185 g/mol. The van der Waals surface area contributed by atoms with Crippen molar-refractivity contribution >= 4 is 5.65 Å². The lowest BCUT2D eigenvalue weighted by Gasteiger charge is -1.97. The Kier molecular flexibility index (Phi) is 1.97. The minimum atomic E-state index is 0.706. The number of pyridine rings is 1. The van der Waals surface area contributed by atoms with Gasteiger partial charge in [0, 0.05) is 12.4 Å². The van der Waals surface area contributed by atoms with Gasteiger partial charge >= 0.3 is 0 Å². The highest BCUT2D eigenvalue weighted by Crippen LogP contribution is 2.12. The van der Waals surface area contributed by atoms with Gasteiger partial charge in [-0.2, -0.15) is 5.26 Å². The van der Waals surface area contributed by atoms with Crippen molar-refractivity contribution < 1.29 is 0 Å². The highest BCUT2D eigenvalue weighted by atomic mass is 15.0. The number of nitrogens with zero attached hydrogens (tertiary/aromatic N) is 3. The summed E-state index contributed by atoms with van der Waals surface area (Å²) in [6.07, 6.45) is 4.72. The van der Waals surface area contributed by atoms with Gasteiger partial charge < -0.3 is 4.40 Å². The summed E-state index contributed by atoms with van der Waals surface area (Å²) < 4.78 is 1.91. The maximum Gasteiger partial charge on any atom is 0.137 e. The molecule has 2 aromatic rings. The van der Waals surface area contributed by atoms with Crippen molar-refractivity contribution in [2.24, 2.45) is 0 Å². The summed E-state index contributed by atoms with van der Waals surface area (Å²) in [7, 11) is 0. The first kappa shape index (κ1) is 8.76. The molecule has 70 valence electrons. The predicted octanol–water partition coefficient (Wildman–Crippen LogP) is 2.08. The van der Waals surface area contributed by atoms with Crippen LogP contribution in [0.1, 0.15) is 23.7 Å². The molecule has 0 aromatic carbocycles. The molecule has 0 amide bonds. The van der Waals surface area contributed by atoms with Crippen LogP contribution in [0.25, 0.3) is 5.65 Å². The van der Waals surface area contributed by atoms with Crippen LogP contribution in [0.4, 0.5) is 0 Å². The van der Waals surface area contributed by atoms with Crippen LogP contribution in [-0.4, -0.2) is 9.38 Å². The summed E-state index contributed by atoms with van der Waals surface area (Å²) in [6.45, 7) is 4.00. The number of aromatic nitrogens is 2. The Morgan fingerprint density at radius 3 is 2.93 bits per heavy atom. The molecule has 0 saturated heterocycles. The number of aryl methyl sites for hydroxylation is 2. The third kappa shape index (κ3) is 1.25. The molecule has 0 aliphatic rings. The van der Waals surface area contributed by atoms with Crippen LogP contribution in [0.3, 0.4) is 0 Å². The second kappa shape index (κ2) is 3.15. The Bertz CT molecular complexity index is 517. The molecule has 3 heteroatoms. The average Bonchev–Trinajstić information content (AvgIpc) is 2.58. The Hall–Kier alpha value is -1.82. The molecule has 0 N–H and O–H groups in total. The lowest BCUT2D eigenvalue weighted by molar-refractivity contribution is 1.07. The van der Waals surface area contributed by atoms with E-state index in [2.05, 4.69) is 18.0 Å². The second-order valence-corrected chi connectivity index (χ2v) is 3.33. The fraction of sp³-hybridized carbons (Fsp3) is 0.273. The molecule has 0 atom stereocenters. The zero-order valence-electron chi connectivity index (χ0n) is 8.28. The molecular weight excluding hydrogens is 174 g/mol. The average molecular weight is 185 g/mol. The lowest BCUT2D eigenvalue weighted by atomic mass is 10.2. The number of rotatable bonds is 1. The molecule has 0 aliphatic heterocycles. The van der Waals surface area contributed by atoms with Crippen LogP contribution >= 0.6 is 0 Å². The minimum absolute atomic E-state index is 0.706. The van der Waals surface area contributed by atoms with E-state index in [1.165, 1.54) is 0 Å². The van der Waals surface area contributed by atoms with Gasteiger partial charge in [0.1, 0.15) is 11.7 Å². The largest absolute Gasteiger partial charge is 0.305 e. The third-order valence-electron chi connectivity index (χ3n) is 2.33. The van der Waals surface area contributed by atoms with Crippen molar-refractivity contribution in [1.82, 2.24) is 9.38 Å². The summed E-state index contributed by atoms with van der Waals surface area (Å²) in [6, 6.07) is 4.11. The number of imidazole rings is 1. The topological polar surface area (TPSA) is 41.1 Å². The first-order valence-electron chi connectivity index (χ1n) is 4.63. The Morgan fingerprint density at radius 1 is 1.50 bits per heavy atom. The zero-order valence-corrected chi connectivity index (χ0v) is 8.28. The normalized spacial score (nSPS) is 10.4. The Morgan fingerprint density at radius 2 is 2.29 bits per heavy atom. The zero-order chi connectivity index (χ0) is 10.1. The molecule has 2 aromatic heterocycles. The van der Waals surface area contributed by atoms with E-state index in [1.54, 1.807) is 0 Å². The molecule has 0 radical (unpaired) electrons. The van der Waals surface area contributed by atoms with Gasteiger partial charge in [0.05, 0.1) is 11.3 Å². The third-order valence-corrected chi connectivity index (χ3v) is 2.33. The van der Waals surface area contributed by atoms with Gasteiger partial charge in [0.15, 0.2) is 0 Å². The quantitative estimate of drug-likeness (QED) is 0.682. The van der Waals surface area contributed by atoms with E-state index in [1.807, 2.05) is 29.8 Å². The molecule has 0 unspecified atom stereocenters. The van der Waals surface area contributed by atoms with Crippen LogP contribution in [0.5, 0.6) is 0 Å². The Labute approximate surface area is 82.6 Å². The van der Waals surface area contributed by atoms with Crippen molar-refractivity contribution in [2.45, 2.75) is 20.3 Å². The smallest absolute Gasteiger partial charge is 0.137 e. The molecular formula is C11H11N3. The van der Waals surface area contributed by atoms with E-state index in [0.29, 0.717) is 5.56 Å². The van der Waals surface area contributed by atoms with Gasteiger partial charge in [0.2, 0.25) is 0 Å². The van der Waals surface area contributed by atoms with Crippen LogP contribution in [-0.2, 0) is 6.42 Å². The fourth-order valence-electron chi connectivity index (χ4n) is 1.47. The van der Waals surface area contributed by atoms with Gasteiger partial charge in [-0.05, 0) is 25.0 Å². The summed E-state index contributed by atoms with van der Waals surface area (Å²) in [4.78, 5) is 4.42. The van der Waals surface area contributed by atoms with Gasteiger partial charge in [-0.15, -0.1) is 0 Å². The lowest BCUT2D eigenvalue weighted by Crippen LogP contribution is -1.89. The second-order valence-electron chi connectivity index (χ2n) is 3.33. The number of hydrogen-bond donors (Lipinski definition) is 0. The van der Waals surface area contributed by atoms with Crippen molar-refractivity contribution in [3.8, 4) is 6.07 Å². The van der Waals surface area contributed by atoms with Gasteiger partial charge in [-0.3, -0.25) is 0 Å². The van der Waals surface area contributed by atoms with E-state index >= 15 is 0 Å². The van der Waals surface area contributed by atoms with Crippen molar-refractivity contribution in [1.29, 1.82) is 5.26 Å². The molecule has 2 heterocycles. The molecule has 0 saturated carbocycles. The van der Waals surface area contributed by atoms with Gasteiger partial charge in [0.25, 0.3) is 0 Å². The fourth-order valence-corrected chi connectivity index (χ4v) is 1.47. The minimum Gasteiger partial charge on any atom is -0.305 e. The van der Waals surface area contributed by atoms with Gasteiger partial charge in [-0.1, -0.05) is 6.92 Å². The van der Waals surface area contributed by atoms with Crippen molar-refractivity contribution in [2.75, 3.05) is 0 Å². The standard InChI is InChI=1S/C11H11N3/c1-3-10-7-14-6-9(5-12)8(2)4-11(14)13-10/h4,6-7H,3H2,1-2H3. The van der Waals surface area contributed by atoms with E-state index in [9.17, 15) is 0 Å². The first-order chi connectivity index (χ1) is 6.74. The van der Waals surface area contributed by atoms with Gasteiger partial charge in [-0.25, -0.2) is 4.98 Å². The molecule has 0 bridgehead atoms. The summed E-state index contributed by atoms with van der Waals surface area (Å²) in [5, 5.41) is 8.86. The van der Waals surface area contributed by atoms with E-state index in [-0.39, 0.29) is 0 Å². The van der Waals surface area contributed by atoms with Crippen LogP contribution < -0.4 is 0 Å². The number of nitriles is 1. The highest BCUT2D eigenvalue weighted by Gasteiger charge is 2.03. The SMILES string of the molecule is CCc1cn2cc(C#N)c(C)cc2n1. The van der Waals surface area contributed by atoms with Crippen molar-refractivity contribution in [3.63, 3.8) is 0 Å². The maximum absolute atomic E-state index is 8.86. The van der Waals surface area contributed by atoms with Crippen molar-refractivity contribution in [3.05, 3.63) is 35.3 Å². The highest BCUT2D eigenvalue weighted by molar-refractivity contribution is 5.48. The summed E-state index contributed by atoms with van der Waals surface area (Å²) in [5.74, 6) is 0. The number of fused-ring (bicyclic) bond motifs is 1. The van der Waals surface area contributed by atoms with E-state index < -0.39 is 0 Å². The molecule has 0 aliphatic carbocycles. The molecule has 0 fully saturated rings.